The van der Waals surface area contributed by atoms with Gasteiger partial charge >= 0.3 is 5.97 Å². The molecule has 2 unspecified atom stereocenters. The molecule has 2 atom stereocenters. The zero-order chi connectivity index (χ0) is 14.4. The molecule has 0 heterocycles. The second-order valence-electron chi connectivity index (χ2n) is 5.41. The fourth-order valence-electron chi connectivity index (χ4n) is 2.26. The maximum absolute atomic E-state index is 11.8. The average molecular weight is 271 g/mol. The molecule has 19 heavy (non-hydrogen) atoms. The Balaban J connectivity index is 2.32. The fraction of sp³-hybridized carbons (Fsp3) is 0.857. The minimum Gasteiger partial charge on any atom is -0.481 e. The van der Waals surface area contributed by atoms with Crippen LogP contribution >= 0.6 is 0 Å². The molecule has 1 saturated carbocycles. The van der Waals surface area contributed by atoms with Gasteiger partial charge in [-0.2, -0.15) is 0 Å². The molecule has 2 N–H and O–H groups in total. The first-order valence-corrected chi connectivity index (χ1v) is 7.12. The van der Waals surface area contributed by atoms with E-state index in [4.69, 9.17) is 9.84 Å². The molecule has 5 heteroatoms. The summed E-state index contributed by atoms with van der Waals surface area (Å²) in [6.07, 6.45) is 3.14. The van der Waals surface area contributed by atoms with Gasteiger partial charge in [0, 0.05) is 6.04 Å². The van der Waals surface area contributed by atoms with Crippen LogP contribution in [0.1, 0.15) is 52.9 Å². The lowest BCUT2D eigenvalue weighted by atomic mass is 9.87. The standard InChI is InChI=1S/C14H25NO4/c1-4-9(2)15-13(16)10(3)19-12-7-5-11(6-8-12)14(17)18/h9-12H,4-8H2,1-3H3,(H,15,16)(H,17,18). The summed E-state index contributed by atoms with van der Waals surface area (Å²) < 4.78 is 5.72. The third kappa shape index (κ3) is 5.19. The van der Waals surface area contributed by atoms with Crippen molar-refractivity contribution < 1.29 is 19.4 Å². The quantitative estimate of drug-likeness (QED) is 0.774. The lowest BCUT2D eigenvalue weighted by Gasteiger charge is -2.28. The first-order valence-electron chi connectivity index (χ1n) is 7.12. The molecule has 0 radical (unpaired) electrons. The first-order chi connectivity index (χ1) is 8.93. The fourth-order valence-corrected chi connectivity index (χ4v) is 2.26. The molecule has 1 aliphatic rings. The van der Waals surface area contributed by atoms with Crippen LogP contribution in [0.2, 0.25) is 0 Å². The third-order valence-corrected chi connectivity index (χ3v) is 3.79. The Kier molecular flexibility index (Phi) is 6.28. The number of hydrogen-bond donors (Lipinski definition) is 2. The Bertz CT molecular complexity index is 311. The number of carbonyl (C=O) groups excluding carboxylic acids is 1. The van der Waals surface area contributed by atoms with E-state index in [2.05, 4.69) is 5.32 Å². The van der Waals surface area contributed by atoms with E-state index in [1.165, 1.54) is 0 Å². The zero-order valence-electron chi connectivity index (χ0n) is 12.0. The Morgan fingerprint density at radius 1 is 1.26 bits per heavy atom. The minimum absolute atomic E-state index is 0.00767. The molecule has 0 aliphatic heterocycles. The maximum atomic E-state index is 11.8. The normalized spacial score (nSPS) is 26.5. The van der Waals surface area contributed by atoms with Crippen molar-refractivity contribution in [3.63, 3.8) is 0 Å². The van der Waals surface area contributed by atoms with E-state index in [-0.39, 0.29) is 24.0 Å². The van der Waals surface area contributed by atoms with E-state index < -0.39 is 12.1 Å². The first kappa shape index (κ1) is 16.0. The summed E-state index contributed by atoms with van der Waals surface area (Å²) in [5.74, 6) is -1.06. The summed E-state index contributed by atoms with van der Waals surface area (Å²) in [6.45, 7) is 5.73. The maximum Gasteiger partial charge on any atom is 0.306 e. The van der Waals surface area contributed by atoms with Gasteiger partial charge in [-0.15, -0.1) is 0 Å². The van der Waals surface area contributed by atoms with Gasteiger partial charge in [-0.25, -0.2) is 0 Å². The zero-order valence-corrected chi connectivity index (χ0v) is 12.0. The van der Waals surface area contributed by atoms with Gasteiger partial charge in [0.05, 0.1) is 12.0 Å². The Morgan fingerprint density at radius 2 is 1.84 bits per heavy atom. The SMILES string of the molecule is CCC(C)NC(=O)C(C)OC1CCC(C(=O)O)CC1. The van der Waals surface area contributed by atoms with Crippen LogP contribution in [0, 0.1) is 5.92 Å². The molecular weight excluding hydrogens is 246 g/mol. The van der Waals surface area contributed by atoms with Crippen molar-refractivity contribution >= 4 is 11.9 Å². The highest BCUT2D eigenvalue weighted by molar-refractivity contribution is 5.80. The predicted molar refractivity (Wildman–Crippen MR) is 71.8 cm³/mol. The highest BCUT2D eigenvalue weighted by Crippen LogP contribution is 2.27. The van der Waals surface area contributed by atoms with Gasteiger partial charge < -0.3 is 15.2 Å². The third-order valence-electron chi connectivity index (χ3n) is 3.79. The molecule has 0 spiro atoms. The van der Waals surface area contributed by atoms with E-state index in [0.717, 1.165) is 19.3 Å². The van der Waals surface area contributed by atoms with Gasteiger partial charge in [0.2, 0.25) is 5.91 Å². The summed E-state index contributed by atoms with van der Waals surface area (Å²) in [4.78, 5) is 22.7. The summed E-state index contributed by atoms with van der Waals surface area (Å²) in [5, 5.41) is 11.8. The Hall–Kier alpha value is -1.10. The highest BCUT2D eigenvalue weighted by Gasteiger charge is 2.28. The number of carbonyl (C=O) groups is 2. The number of carboxylic acids is 1. The van der Waals surface area contributed by atoms with Gasteiger partial charge in [0.1, 0.15) is 6.10 Å². The van der Waals surface area contributed by atoms with Crippen LogP contribution in [0.3, 0.4) is 0 Å². The average Bonchev–Trinajstić information content (AvgIpc) is 2.38. The van der Waals surface area contributed by atoms with Crippen molar-refractivity contribution in [2.24, 2.45) is 5.92 Å². The van der Waals surface area contributed by atoms with Crippen LogP contribution < -0.4 is 5.32 Å². The molecule has 0 bridgehead atoms. The molecule has 0 saturated heterocycles. The van der Waals surface area contributed by atoms with Gasteiger partial charge in [0.25, 0.3) is 0 Å². The van der Waals surface area contributed by atoms with Crippen LogP contribution in [0.4, 0.5) is 0 Å². The van der Waals surface area contributed by atoms with E-state index in [1.807, 2.05) is 13.8 Å². The van der Waals surface area contributed by atoms with E-state index in [0.29, 0.717) is 12.8 Å². The summed E-state index contributed by atoms with van der Waals surface area (Å²) in [7, 11) is 0. The van der Waals surface area contributed by atoms with Gasteiger partial charge in [-0.1, -0.05) is 6.92 Å². The molecule has 110 valence electrons. The van der Waals surface area contributed by atoms with E-state index >= 15 is 0 Å². The molecule has 1 fully saturated rings. The second-order valence-corrected chi connectivity index (χ2v) is 5.41. The number of rotatable bonds is 6. The summed E-state index contributed by atoms with van der Waals surface area (Å²) >= 11 is 0. The van der Waals surface area contributed by atoms with Crippen molar-refractivity contribution in [1.82, 2.24) is 5.32 Å². The monoisotopic (exact) mass is 271 g/mol. The van der Waals surface area contributed by atoms with Crippen molar-refractivity contribution in [1.29, 1.82) is 0 Å². The Morgan fingerprint density at radius 3 is 2.32 bits per heavy atom. The summed E-state index contributed by atoms with van der Waals surface area (Å²) in [5.41, 5.74) is 0. The van der Waals surface area contributed by atoms with Gasteiger partial charge in [-0.3, -0.25) is 9.59 Å². The van der Waals surface area contributed by atoms with Crippen molar-refractivity contribution in [3.05, 3.63) is 0 Å². The van der Waals surface area contributed by atoms with E-state index in [9.17, 15) is 9.59 Å². The number of carboxylic acid groups (broad SMARTS) is 1. The summed E-state index contributed by atoms with van der Waals surface area (Å²) in [6, 6.07) is 0.154. The topological polar surface area (TPSA) is 75.6 Å². The minimum atomic E-state index is -0.721. The van der Waals surface area contributed by atoms with Crippen molar-refractivity contribution in [2.75, 3.05) is 0 Å². The van der Waals surface area contributed by atoms with Crippen LogP contribution in [-0.4, -0.2) is 35.2 Å². The lowest BCUT2D eigenvalue weighted by Crippen LogP contribution is -2.41. The van der Waals surface area contributed by atoms with E-state index in [1.54, 1.807) is 6.92 Å². The van der Waals surface area contributed by atoms with Crippen LogP contribution in [0.5, 0.6) is 0 Å². The predicted octanol–water partition coefficient (Wildman–Crippen LogP) is 1.95. The van der Waals surface area contributed by atoms with Crippen LogP contribution in [0.15, 0.2) is 0 Å². The van der Waals surface area contributed by atoms with Gasteiger partial charge in [0.15, 0.2) is 0 Å². The number of aliphatic carboxylic acids is 1. The van der Waals surface area contributed by atoms with Crippen LogP contribution in [-0.2, 0) is 14.3 Å². The molecule has 1 amide bonds. The lowest BCUT2D eigenvalue weighted by molar-refractivity contribution is -0.146. The smallest absolute Gasteiger partial charge is 0.306 e. The largest absolute Gasteiger partial charge is 0.481 e. The second kappa shape index (κ2) is 7.48. The number of amides is 1. The number of hydrogen-bond acceptors (Lipinski definition) is 3. The number of nitrogens with one attached hydrogen (secondary N) is 1. The van der Waals surface area contributed by atoms with Crippen molar-refractivity contribution in [3.8, 4) is 0 Å². The molecule has 0 aromatic carbocycles. The molecule has 0 aromatic heterocycles. The Labute approximate surface area is 114 Å². The molecular formula is C14H25NO4. The number of ether oxygens (including phenoxy) is 1. The molecule has 5 nitrogen and oxygen atoms in total. The van der Waals surface area contributed by atoms with Crippen molar-refractivity contribution in [2.45, 2.75) is 71.1 Å². The highest BCUT2D eigenvalue weighted by atomic mass is 16.5. The molecule has 1 rings (SSSR count). The van der Waals surface area contributed by atoms with Gasteiger partial charge in [-0.05, 0) is 46.0 Å². The molecule has 1 aliphatic carbocycles. The van der Waals surface area contributed by atoms with Crippen LogP contribution in [0.25, 0.3) is 0 Å². The molecule has 0 aromatic rings.